The number of aryl methyl sites for hydroxylation is 1. The molecule has 0 aliphatic carbocycles. The quantitative estimate of drug-likeness (QED) is 0.603. The van der Waals surface area contributed by atoms with E-state index >= 15 is 0 Å². The number of aromatic hydroxyl groups is 1. The number of hydrogen-bond donors (Lipinski definition) is 1. The van der Waals surface area contributed by atoms with Gasteiger partial charge >= 0.3 is 11.9 Å². The molecule has 0 heterocycles. The summed E-state index contributed by atoms with van der Waals surface area (Å²) in [6.45, 7) is 0.489. The zero-order valence-electron chi connectivity index (χ0n) is 13.1. The van der Waals surface area contributed by atoms with Crippen LogP contribution >= 0.6 is 0 Å². The smallest absolute Gasteiger partial charge is 0.345 e. The Morgan fingerprint density at radius 1 is 1.05 bits per heavy atom. The van der Waals surface area contributed by atoms with Gasteiger partial charge in [-0.25, -0.2) is 9.59 Å². The van der Waals surface area contributed by atoms with Crippen molar-refractivity contribution in [2.45, 2.75) is 12.8 Å². The van der Waals surface area contributed by atoms with Crippen LogP contribution in [0, 0.1) is 0 Å². The maximum absolute atomic E-state index is 12.1. The number of benzene rings is 1. The first-order valence-corrected chi connectivity index (χ1v) is 6.60. The van der Waals surface area contributed by atoms with Gasteiger partial charge in [0.2, 0.25) is 0 Å². The molecule has 7 heteroatoms. The Labute approximate surface area is 128 Å². The number of carbonyl (C=O) groups is 2. The van der Waals surface area contributed by atoms with Crippen molar-refractivity contribution in [1.29, 1.82) is 0 Å². The molecule has 0 amide bonds. The molecule has 0 atom stereocenters. The SMILES string of the molecule is COCCCc1cc(O)c(C(=O)OC)c(OC)c1C(=O)OC. The first-order valence-electron chi connectivity index (χ1n) is 6.60. The molecule has 22 heavy (non-hydrogen) atoms. The number of phenolic OH excluding ortho intramolecular Hbond substituents is 1. The Bertz CT molecular complexity index is 551. The lowest BCUT2D eigenvalue weighted by Crippen LogP contribution is -2.14. The largest absolute Gasteiger partial charge is 0.507 e. The van der Waals surface area contributed by atoms with Crippen LogP contribution in [0.5, 0.6) is 11.5 Å². The Morgan fingerprint density at radius 3 is 2.14 bits per heavy atom. The number of phenols is 1. The molecule has 0 saturated heterocycles. The van der Waals surface area contributed by atoms with Crippen LogP contribution in [0.4, 0.5) is 0 Å². The van der Waals surface area contributed by atoms with E-state index in [9.17, 15) is 14.7 Å². The summed E-state index contributed by atoms with van der Waals surface area (Å²) in [6.07, 6.45) is 1.07. The van der Waals surface area contributed by atoms with Gasteiger partial charge in [0.15, 0.2) is 5.75 Å². The summed E-state index contributed by atoms with van der Waals surface area (Å²) in [4.78, 5) is 23.9. The van der Waals surface area contributed by atoms with E-state index in [-0.39, 0.29) is 22.6 Å². The molecule has 122 valence electrons. The summed E-state index contributed by atoms with van der Waals surface area (Å²) in [6, 6.07) is 1.34. The Hall–Kier alpha value is -2.28. The van der Waals surface area contributed by atoms with Crippen LogP contribution < -0.4 is 4.74 Å². The van der Waals surface area contributed by atoms with Gasteiger partial charge in [-0.05, 0) is 24.5 Å². The molecular weight excluding hydrogens is 292 g/mol. The third kappa shape index (κ3) is 3.67. The van der Waals surface area contributed by atoms with Gasteiger partial charge in [0, 0.05) is 13.7 Å². The van der Waals surface area contributed by atoms with E-state index in [4.69, 9.17) is 14.2 Å². The average molecular weight is 312 g/mol. The molecule has 0 aliphatic heterocycles. The number of rotatable bonds is 7. The molecule has 0 saturated carbocycles. The zero-order valence-corrected chi connectivity index (χ0v) is 13.1. The molecule has 0 aliphatic rings. The number of carbonyl (C=O) groups excluding carboxylic acids is 2. The highest BCUT2D eigenvalue weighted by Gasteiger charge is 2.28. The number of ether oxygens (including phenoxy) is 4. The molecule has 0 spiro atoms. The minimum absolute atomic E-state index is 0.0638. The van der Waals surface area contributed by atoms with E-state index in [2.05, 4.69) is 4.74 Å². The summed E-state index contributed by atoms with van der Waals surface area (Å²) in [5.41, 5.74) is 0.395. The number of methoxy groups -OCH3 is 4. The number of esters is 2. The first-order chi connectivity index (χ1) is 10.5. The highest BCUT2D eigenvalue weighted by atomic mass is 16.5. The average Bonchev–Trinajstić information content (AvgIpc) is 2.52. The van der Waals surface area contributed by atoms with Crippen LogP contribution in [0.1, 0.15) is 32.7 Å². The second-order valence-electron chi connectivity index (χ2n) is 4.42. The topological polar surface area (TPSA) is 91.3 Å². The third-order valence-corrected chi connectivity index (χ3v) is 3.12. The van der Waals surface area contributed by atoms with Gasteiger partial charge in [-0.15, -0.1) is 0 Å². The lowest BCUT2D eigenvalue weighted by molar-refractivity contribution is 0.0588. The standard InChI is InChI=1S/C15H20O7/c1-19-7-5-6-9-8-10(16)12(15(18)22-4)13(20-2)11(9)14(17)21-3/h8,16H,5-7H2,1-4H3. The van der Waals surface area contributed by atoms with Crippen molar-refractivity contribution in [1.82, 2.24) is 0 Å². The molecule has 1 N–H and O–H groups in total. The predicted molar refractivity (Wildman–Crippen MR) is 77.5 cm³/mol. The van der Waals surface area contributed by atoms with Crippen LogP contribution in [0.3, 0.4) is 0 Å². The van der Waals surface area contributed by atoms with Crippen LogP contribution in [-0.4, -0.2) is 52.1 Å². The fraction of sp³-hybridized carbons (Fsp3) is 0.467. The van der Waals surface area contributed by atoms with E-state index in [1.807, 2.05) is 0 Å². The molecule has 0 fully saturated rings. The molecular formula is C15H20O7. The highest BCUT2D eigenvalue weighted by Crippen LogP contribution is 2.36. The molecule has 0 unspecified atom stereocenters. The predicted octanol–water partition coefficient (Wildman–Crippen LogP) is 1.55. The minimum atomic E-state index is -0.803. The van der Waals surface area contributed by atoms with Crippen molar-refractivity contribution in [3.8, 4) is 11.5 Å². The second kappa shape index (κ2) is 8.23. The lowest BCUT2D eigenvalue weighted by atomic mass is 9.97. The van der Waals surface area contributed by atoms with Gasteiger partial charge in [0.1, 0.15) is 16.9 Å². The molecule has 1 aromatic rings. The van der Waals surface area contributed by atoms with E-state index in [0.29, 0.717) is 25.0 Å². The summed E-state index contributed by atoms with van der Waals surface area (Å²) in [5.74, 6) is -1.84. The molecule has 0 bridgehead atoms. The monoisotopic (exact) mass is 312 g/mol. The van der Waals surface area contributed by atoms with E-state index in [1.165, 1.54) is 27.4 Å². The Morgan fingerprint density at radius 2 is 1.64 bits per heavy atom. The van der Waals surface area contributed by atoms with Crippen molar-refractivity contribution in [3.05, 3.63) is 22.8 Å². The molecule has 0 radical (unpaired) electrons. The lowest BCUT2D eigenvalue weighted by Gasteiger charge is -2.16. The third-order valence-electron chi connectivity index (χ3n) is 3.12. The molecule has 1 rings (SSSR count). The van der Waals surface area contributed by atoms with Crippen LogP contribution in [0.15, 0.2) is 6.07 Å². The summed E-state index contributed by atoms with van der Waals surface area (Å²) >= 11 is 0. The summed E-state index contributed by atoms with van der Waals surface area (Å²) < 4.78 is 19.5. The molecule has 1 aromatic carbocycles. The van der Waals surface area contributed by atoms with Crippen molar-refractivity contribution in [3.63, 3.8) is 0 Å². The van der Waals surface area contributed by atoms with E-state index < -0.39 is 11.9 Å². The molecule has 7 nitrogen and oxygen atoms in total. The maximum atomic E-state index is 12.1. The highest BCUT2D eigenvalue weighted by molar-refractivity contribution is 6.03. The van der Waals surface area contributed by atoms with Gasteiger partial charge < -0.3 is 24.1 Å². The van der Waals surface area contributed by atoms with Gasteiger partial charge in [-0.3, -0.25) is 0 Å². The zero-order chi connectivity index (χ0) is 16.7. The van der Waals surface area contributed by atoms with Crippen molar-refractivity contribution < 1.29 is 33.6 Å². The first kappa shape index (κ1) is 17.8. The fourth-order valence-corrected chi connectivity index (χ4v) is 2.13. The maximum Gasteiger partial charge on any atom is 0.345 e. The van der Waals surface area contributed by atoms with Gasteiger partial charge in [-0.1, -0.05) is 0 Å². The van der Waals surface area contributed by atoms with Crippen LogP contribution in [-0.2, 0) is 20.6 Å². The van der Waals surface area contributed by atoms with Crippen LogP contribution in [0.2, 0.25) is 0 Å². The van der Waals surface area contributed by atoms with Gasteiger partial charge in [-0.2, -0.15) is 0 Å². The van der Waals surface area contributed by atoms with E-state index in [1.54, 1.807) is 7.11 Å². The van der Waals surface area contributed by atoms with Crippen LogP contribution in [0.25, 0.3) is 0 Å². The Balaban J connectivity index is 3.48. The summed E-state index contributed by atoms with van der Waals surface area (Å²) in [7, 11) is 5.27. The Kier molecular flexibility index (Phi) is 6.65. The number of hydrogen-bond acceptors (Lipinski definition) is 7. The van der Waals surface area contributed by atoms with Crippen molar-refractivity contribution in [2.24, 2.45) is 0 Å². The van der Waals surface area contributed by atoms with E-state index in [0.717, 1.165) is 0 Å². The van der Waals surface area contributed by atoms with Gasteiger partial charge in [0.05, 0.1) is 21.3 Å². The minimum Gasteiger partial charge on any atom is -0.507 e. The van der Waals surface area contributed by atoms with Crippen molar-refractivity contribution >= 4 is 11.9 Å². The molecule has 0 aromatic heterocycles. The normalized spacial score (nSPS) is 10.2. The van der Waals surface area contributed by atoms with Crippen molar-refractivity contribution in [2.75, 3.05) is 35.0 Å². The fourth-order valence-electron chi connectivity index (χ4n) is 2.13. The summed E-state index contributed by atoms with van der Waals surface area (Å²) in [5, 5.41) is 10.1. The van der Waals surface area contributed by atoms with Gasteiger partial charge in [0.25, 0.3) is 0 Å². The second-order valence-corrected chi connectivity index (χ2v) is 4.42.